The fraction of sp³-hybridized carbons (Fsp3) is 0.235. The number of ether oxygens (including phenoxy) is 1. The van der Waals surface area contributed by atoms with Gasteiger partial charge in [0.05, 0.1) is 10.5 Å². The number of hydrogen-bond donors (Lipinski definition) is 0. The number of esters is 1. The van der Waals surface area contributed by atoms with Crippen molar-refractivity contribution >= 4 is 83.9 Å². The second-order valence-corrected chi connectivity index (χ2v) is 10.7. The molecule has 0 aliphatic carbocycles. The molecule has 0 aromatic heterocycles. The van der Waals surface area contributed by atoms with E-state index in [0.29, 0.717) is 16.7 Å². The van der Waals surface area contributed by atoms with Crippen molar-refractivity contribution in [2.75, 3.05) is 0 Å². The van der Waals surface area contributed by atoms with Gasteiger partial charge in [0.25, 0.3) is 0 Å². The Bertz CT molecular complexity index is 984. The highest BCUT2D eigenvalue weighted by Gasteiger charge is 2.20. The standard InChI is InChI=1S/C17H15I3O5S/c1-8(2)11-7-14(9(3)4-15(11)26(22,23)24)25-17(21)12-5-10(18)6-13(19)16(12)20/h4-8H,1-3H3,(H,22,23,24)/p-1. The Balaban J connectivity index is 2.51. The van der Waals surface area contributed by atoms with Crippen molar-refractivity contribution in [1.29, 1.82) is 0 Å². The highest BCUT2D eigenvalue weighted by atomic mass is 127. The number of hydrogen-bond acceptors (Lipinski definition) is 5. The zero-order valence-electron chi connectivity index (χ0n) is 14.0. The van der Waals surface area contributed by atoms with Gasteiger partial charge in [-0.25, -0.2) is 13.2 Å². The fourth-order valence-corrected chi connectivity index (χ4v) is 5.60. The van der Waals surface area contributed by atoms with Gasteiger partial charge in [-0.15, -0.1) is 0 Å². The van der Waals surface area contributed by atoms with Crippen LogP contribution in [-0.4, -0.2) is 18.9 Å². The molecule has 2 aromatic carbocycles. The highest BCUT2D eigenvalue weighted by molar-refractivity contribution is 14.1. The Morgan fingerprint density at radius 2 is 1.73 bits per heavy atom. The maximum atomic E-state index is 12.6. The van der Waals surface area contributed by atoms with Crippen LogP contribution in [0, 0.1) is 17.6 Å². The first-order valence-corrected chi connectivity index (χ1v) is 12.0. The number of carbonyl (C=O) groups excluding carboxylic acids is 1. The molecule has 0 saturated heterocycles. The number of aryl methyl sites for hydroxylation is 1. The zero-order chi connectivity index (χ0) is 19.8. The third kappa shape index (κ3) is 5.08. The molecule has 0 unspecified atom stereocenters. The van der Waals surface area contributed by atoms with E-state index in [-0.39, 0.29) is 16.6 Å². The van der Waals surface area contributed by atoms with Crippen molar-refractivity contribution in [3.63, 3.8) is 0 Å². The van der Waals surface area contributed by atoms with Crippen molar-refractivity contribution in [3.8, 4) is 5.75 Å². The molecule has 0 amide bonds. The lowest BCUT2D eigenvalue weighted by molar-refractivity contribution is 0.0732. The van der Waals surface area contributed by atoms with Crippen LogP contribution in [0.1, 0.15) is 41.3 Å². The Labute approximate surface area is 193 Å². The monoisotopic (exact) mass is 711 g/mol. The van der Waals surface area contributed by atoms with Crippen LogP contribution in [0.2, 0.25) is 0 Å². The number of rotatable bonds is 4. The smallest absolute Gasteiger partial charge is 0.344 e. The van der Waals surface area contributed by atoms with Crippen LogP contribution in [0.3, 0.4) is 0 Å². The summed E-state index contributed by atoms with van der Waals surface area (Å²) in [6, 6.07) is 6.43. The molecule has 0 radical (unpaired) electrons. The van der Waals surface area contributed by atoms with Gasteiger partial charge in [-0.2, -0.15) is 0 Å². The summed E-state index contributed by atoms with van der Waals surface area (Å²) in [7, 11) is -4.61. The summed E-state index contributed by atoms with van der Waals surface area (Å²) in [5.41, 5.74) is 1.18. The van der Waals surface area contributed by atoms with Gasteiger partial charge in [-0.05, 0) is 116 Å². The van der Waals surface area contributed by atoms with Gasteiger partial charge in [0, 0.05) is 10.7 Å². The van der Waals surface area contributed by atoms with Crippen molar-refractivity contribution in [2.45, 2.75) is 31.6 Å². The summed E-state index contributed by atoms with van der Waals surface area (Å²) in [6.07, 6.45) is 0. The molecule has 2 rings (SSSR count). The maximum absolute atomic E-state index is 12.6. The molecule has 0 atom stereocenters. The molecule has 5 nitrogen and oxygen atoms in total. The predicted octanol–water partition coefficient (Wildman–Crippen LogP) is 5.06. The van der Waals surface area contributed by atoms with Gasteiger partial charge in [-0.1, -0.05) is 13.8 Å². The molecule has 2 aromatic rings. The van der Waals surface area contributed by atoms with Crippen molar-refractivity contribution in [3.05, 3.63) is 51.7 Å². The zero-order valence-corrected chi connectivity index (χ0v) is 21.3. The van der Waals surface area contributed by atoms with Gasteiger partial charge in [0.2, 0.25) is 0 Å². The van der Waals surface area contributed by atoms with Crippen LogP contribution in [0.15, 0.2) is 29.2 Å². The Morgan fingerprint density at radius 3 is 2.27 bits per heavy atom. The third-order valence-corrected chi connectivity index (χ3v) is 8.17. The molecule has 0 spiro atoms. The van der Waals surface area contributed by atoms with Crippen LogP contribution in [0.25, 0.3) is 0 Å². The predicted molar refractivity (Wildman–Crippen MR) is 123 cm³/mol. The van der Waals surface area contributed by atoms with Crippen LogP contribution in [0.5, 0.6) is 5.75 Å². The maximum Gasteiger partial charge on any atom is 0.344 e. The summed E-state index contributed by atoms with van der Waals surface area (Å²) in [5, 5.41) is 0. The molecular formula is C17H14I3O5S-. The molecule has 0 fully saturated rings. The molecule has 9 heteroatoms. The minimum absolute atomic E-state index is 0.217. The lowest BCUT2D eigenvalue weighted by Gasteiger charge is -2.19. The highest BCUT2D eigenvalue weighted by Crippen LogP contribution is 2.32. The molecule has 0 N–H and O–H groups in total. The van der Waals surface area contributed by atoms with E-state index in [4.69, 9.17) is 4.74 Å². The van der Waals surface area contributed by atoms with E-state index in [9.17, 15) is 17.8 Å². The summed E-state index contributed by atoms with van der Waals surface area (Å²) in [6.45, 7) is 5.15. The van der Waals surface area contributed by atoms with Crippen molar-refractivity contribution < 1.29 is 22.5 Å². The third-order valence-electron chi connectivity index (χ3n) is 3.61. The number of carbonyl (C=O) groups is 1. The number of halogens is 3. The Kier molecular flexibility index (Phi) is 7.35. The van der Waals surface area contributed by atoms with E-state index in [1.165, 1.54) is 12.1 Å². The second-order valence-electron chi connectivity index (χ2n) is 5.90. The van der Waals surface area contributed by atoms with Gasteiger partial charge >= 0.3 is 5.97 Å². The molecule has 0 bridgehead atoms. The van der Waals surface area contributed by atoms with Crippen LogP contribution in [-0.2, 0) is 10.1 Å². The van der Waals surface area contributed by atoms with Crippen LogP contribution in [0.4, 0.5) is 0 Å². The minimum atomic E-state index is -4.61. The summed E-state index contributed by atoms with van der Waals surface area (Å²) < 4.78 is 42.7. The van der Waals surface area contributed by atoms with E-state index in [0.717, 1.165) is 10.7 Å². The molecule has 26 heavy (non-hydrogen) atoms. The minimum Gasteiger partial charge on any atom is -0.744 e. The van der Waals surface area contributed by atoms with E-state index in [1.54, 1.807) is 26.8 Å². The fourth-order valence-electron chi connectivity index (χ4n) is 2.31. The normalized spacial score (nSPS) is 11.7. The van der Waals surface area contributed by atoms with Gasteiger partial charge in [0.15, 0.2) is 0 Å². The number of benzene rings is 2. The van der Waals surface area contributed by atoms with Crippen LogP contribution < -0.4 is 4.74 Å². The average Bonchev–Trinajstić information content (AvgIpc) is 2.51. The quantitative estimate of drug-likeness (QED) is 0.146. The van der Waals surface area contributed by atoms with Crippen molar-refractivity contribution in [1.82, 2.24) is 0 Å². The lowest BCUT2D eigenvalue weighted by atomic mass is 10.0. The lowest BCUT2D eigenvalue weighted by Crippen LogP contribution is -2.14. The van der Waals surface area contributed by atoms with Crippen LogP contribution >= 0.6 is 67.8 Å². The van der Waals surface area contributed by atoms with E-state index >= 15 is 0 Å². The molecule has 0 heterocycles. The van der Waals surface area contributed by atoms with E-state index < -0.39 is 16.1 Å². The molecule has 0 saturated carbocycles. The van der Waals surface area contributed by atoms with Gasteiger partial charge in [-0.3, -0.25) is 0 Å². The van der Waals surface area contributed by atoms with E-state index in [2.05, 4.69) is 67.8 Å². The second kappa shape index (κ2) is 8.57. The van der Waals surface area contributed by atoms with Crippen molar-refractivity contribution in [2.24, 2.45) is 0 Å². The molecule has 0 aliphatic rings. The molecular weight excluding hydrogens is 697 g/mol. The topological polar surface area (TPSA) is 83.5 Å². The van der Waals surface area contributed by atoms with Gasteiger partial charge < -0.3 is 9.29 Å². The summed E-state index contributed by atoms with van der Waals surface area (Å²) >= 11 is 6.37. The summed E-state index contributed by atoms with van der Waals surface area (Å²) in [5.74, 6) is -0.498. The average molecular weight is 711 g/mol. The SMILES string of the molecule is Cc1cc(S(=O)(=O)[O-])c(C(C)C)cc1OC(=O)c1cc(I)cc(I)c1I. The Morgan fingerprint density at radius 1 is 1.12 bits per heavy atom. The first kappa shape index (κ1) is 22.3. The van der Waals surface area contributed by atoms with Gasteiger partial charge in [0.1, 0.15) is 15.9 Å². The Hall–Kier alpha value is 0.0100. The summed E-state index contributed by atoms with van der Waals surface area (Å²) in [4.78, 5) is 12.4. The largest absolute Gasteiger partial charge is 0.744 e. The molecule has 0 aliphatic heterocycles. The van der Waals surface area contributed by atoms with E-state index in [1.807, 2.05) is 6.07 Å². The molecule has 140 valence electrons. The first-order chi connectivity index (χ1) is 11.9. The first-order valence-electron chi connectivity index (χ1n) is 7.39.